The van der Waals surface area contributed by atoms with Gasteiger partial charge in [-0.25, -0.2) is 9.78 Å². The average molecular weight is 258 g/mol. The van der Waals surface area contributed by atoms with Crippen LogP contribution in [-0.4, -0.2) is 38.9 Å². The summed E-state index contributed by atoms with van der Waals surface area (Å²) in [7, 11) is 0. The Balaban J connectivity index is 2.64. The highest BCUT2D eigenvalue weighted by Gasteiger charge is 2.22. The van der Waals surface area contributed by atoms with Crippen LogP contribution in [0.3, 0.4) is 0 Å². The molecule has 17 heavy (non-hydrogen) atoms. The van der Waals surface area contributed by atoms with Crippen molar-refractivity contribution in [1.82, 2.24) is 4.98 Å². The number of hydrogen-bond donors (Lipinski definition) is 3. The van der Waals surface area contributed by atoms with E-state index in [1.807, 2.05) is 0 Å². The van der Waals surface area contributed by atoms with E-state index in [1.165, 1.54) is 5.38 Å². The molecule has 0 aliphatic carbocycles. The van der Waals surface area contributed by atoms with E-state index >= 15 is 0 Å². The Morgan fingerprint density at radius 3 is 2.88 bits per heavy atom. The van der Waals surface area contributed by atoms with E-state index < -0.39 is 18.2 Å². The molecule has 0 saturated heterocycles. The SMILES string of the molecule is [N-]=[N+]=NCCC(O)C(O)c1nc(C(=O)O)cs1. The molecule has 0 radical (unpaired) electrons. The molecule has 0 aliphatic rings. The number of thiazole rings is 1. The topological polar surface area (TPSA) is 139 Å². The number of aromatic nitrogens is 1. The van der Waals surface area contributed by atoms with Gasteiger partial charge in [-0.05, 0) is 12.0 Å². The van der Waals surface area contributed by atoms with E-state index in [1.54, 1.807) is 0 Å². The molecule has 1 rings (SSSR count). The monoisotopic (exact) mass is 258 g/mol. The van der Waals surface area contributed by atoms with E-state index in [-0.39, 0.29) is 23.7 Å². The highest BCUT2D eigenvalue weighted by Crippen LogP contribution is 2.22. The molecule has 92 valence electrons. The fourth-order valence-electron chi connectivity index (χ4n) is 1.08. The van der Waals surface area contributed by atoms with Crippen molar-refractivity contribution in [2.24, 2.45) is 5.11 Å². The zero-order valence-corrected chi connectivity index (χ0v) is 9.41. The first kappa shape index (κ1) is 13.4. The lowest BCUT2D eigenvalue weighted by Gasteiger charge is -2.13. The summed E-state index contributed by atoms with van der Waals surface area (Å²) in [6.07, 6.45) is -2.34. The van der Waals surface area contributed by atoms with Gasteiger partial charge in [0.1, 0.15) is 11.1 Å². The van der Waals surface area contributed by atoms with Crippen LogP contribution >= 0.6 is 11.3 Å². The molecule has 0 fully saturated rings. The molecule has 1 aromatic rings. The average Bonchev–Trinajstić information content (AvgIpc) is 2.77. The van der Waals surface area contributed by atoms with E-state index in [0.29, 0.717) is 0 Å². The molecule has 9 heteroatoms. The number of aromatic carboxylic acids is 1. The Kier molecular flexibility index (Phi) is 4.85. The lowest BCUT2D eigenvalue weighted by atomic mass is 10.1. The lowest BCUT2D eigenvalue weighted by molar-refractivity contribution is 0.0148. The molecule has 0 aromatic carbocycles. The lowest BCUT2D eigenvalue weighted by Crippen LogP contribution is -2.19. The van der Waals surface area contributed by atoms with Crippen LogP contribution < -0.4 is 0 Å². The Hall–Kier alpha value is -1.67. The predicted molar refractivity (Wildman–Crippen MR) is 58.7 cm³/mol. The summed E-state index contributed by atoms with van der Waals surface area (Å²) in [6.45, 7) is 0.0475. The summed E-state index contributed by atoms with van der Waals surface area (Å²) < 4.78 is 0. The van der Waals surface area contributed by atoms with Gasteiger partial charge in [-0.2, -0.15) is 0 Å². The van der Waals surface area contributed by atoms with Crippen molar-refractivity contribution in [2.75, 3.05) is 6.54 Å². The second kappa shape index (κ2) is 6.16. The zero-order chi connectivity index (χ0) is 12.8. The van der Waals surface area contributed by atoms with Crippen molar-refractivity contribution in [2.45, 2.75) is 18.6 Å². The summed E-state index contributed by atoms with van der Waals surface area (Å²) in [5.41, 5.74) is 7.86. The summed E-state index contributed by atoms with van der Waals surface area (Å²) >= 11 is 0.948. The molecule has 2 atom stereocenters. The number of carboxylic acid groups (broad SMARTS) is 1. The molecule has 0 amide bonds. The van der Waals surface area contributed by atoms with Crippen molar-refractivity contribution in [3.63, 3.8) is 0 Å². The van der Waals surface area contributed by atoms with Crippen LogP contribution in [0.5, 0.6) is 0 Å². The van der Waals surface area contributed by atoms with Crippen molar-refractivity contribution < 1.29 is 20.1 Å². The van der Waals surface area contributed by atoms with Crippen LogP contribution in [0.25, 0.3) is 10.4 Å². The van der Waals surface area contributed by atoms with Gasteiger partial charge in [0, 0.05) is 16.8 Å². The standard InChI is InChI=1S/C8H10N4O4S/c9-12-10-2-1-5(13)6(14)7-11-4(3-17-7)8(15)16/h3,5-6,13-14H,1-2H2,(H,15,16). The van der Waals surface area contributed by atoms with Gasteiger partial charge in [-0.1, -0.05) is 5.11 Å². The predicted octanol–water partition coefficient (Wildman–Crippen LogP) is 0.936. The first-order valence-corrected chi connectivity index (χ1v) is 5.50. The van der Waals surface area contributed by atoms with Crippen LogP contribution in [0.2, 0.25) is 0 Å². The molecule has 1 heterocycles. The largest absolute Gasteiger partial charge is 0.476 e. The zero-order valence-electron chi connectivity index (χ0n) is 8.59. The number of nitrogens with zero attached hydrogens (tertiary/aromatic N) is 4. The number of rotatable bonds is 6. The van der Waals surface area contributed by atoms with E-state index in [9.17, 15) is 15.0 Å². The van der Waals surface area contributed by atoms with Crippen molar-refractivity contribution >= 4 is 17.3 Å². The second-order valence-corrected chi connectivity index (χ2v) is 4.02. The first-order chi connectivity index (χ1) is 8.06. The van der Waals surface area contributed by atoms with Crippen molar-refractivity contribution in [3.8, 4) is 0 Å². The number of carbonyl (C=O) groups is 1. The normalized spacial score (nSPS) is 13.8. The van der Waals surface area contributed by atoms with Gasteiger partial charge in [0.05, 0.1) is 6.10 Å². The molecule has 2 unspecified atom stereocenters. The third-order valence-corrected chi connectivity index (χ3v) is 2.86. The third kappa shape index (κ3) is 3.68. The van der Waals surface area contributed by atoms with Gasteiger partial charge in [0.15, 0.2) is 5.69 Å². The number of carboxylic acids is 1. The Bertz CT molecular complexity index is 442. The maximum Gasteiger partial charge on any atom is 0.355 e. The molecule has 0 saturated carbocycles. The number of aliphatic hydroxyl groups is 2. The van der Waals surface area contributed by atoms with Gasteiger partial charge < -0.3 is 15.3 Å². The molecule has 0 bridgehead atoms. The summed E-state index contributed by atoms with van der Waals surface area (Å²) in [5.74, 6) is -1.19. The van der Waals surface area contributed by atoms with Crippen LogP contribution in [0.1, 0.15) is 28.0 Å². The van der Waals surface area contributed by atoms with Gasteiger partial charge >= 0.3 is 5.97 Å². The van der Waals surface area contributed by atoms with Gasteiger partial charge in [-0.3, -0.25) is 0 Å². The van der Waals surface area contributed by atoms with Crippen LogP contribution in [0, 0.1) is 0 Å². The minimum absolute atomic E-state index is 0.0475. The highest BCUT2D eigenvalue weighted by atomic mass is 32.1. The Morgan fingerprint density at radius 1 is 1.65 bits per heavy atom. The third-order valence-electron chi connectivity index (χ3n) is 1.95. The maximum absolute atomic E-state index is 10.6. The number of aliphatic hydroxyl groups excluding tert-OH is 2. The second-order valence-electron chi connectivity index (χ2n) is 3.13. The van der Waals surface area contributed by atoms with Crippen LogP contribution in [0.4, 0.5) is 0 Å². The quantitative estimate of drug-likeness (QED) is 0.395. The fraction of sp³-hybridized carbons (Fsp3) is 0.500. The number of azide groups is 1. The van der Waals surface area contributed by atoms with Crippen molar-refractivity contribution in [3.05, 3.63) is 26.5 Å². The van der Waals surface area contributed by atoms with Gasteiger partial charge in [0.2, 0.25) is 0 Å². The van der Waals surface area contributed by atoms with Gasteiger partial charge in [-0.15, -0.1) is 11.3 Å². The Morgan fingerprint density at radius 2 is 2.35 bits per heavy atom. The smallest absolute Gasteiger partial charge is 0.355 e. The summed E-state index contributed by atoms with van der Waals surface area (Å²) in [5, 5.41) is 32.4. The maximum atomic E-state index is 10.6. The molecule has 8 nitrogen and oxygen atoms in total. The minimum Gasteiger partial charge on any atom is -0.476 e. The van der Waals surface area contributed by atoms with E-state index in [0.717, 1.165) is 11.3 Å². The molecule has 0 spiro atoms. The summed E-state index contributed by atoms with van der Waals surface area (Å²) in [4.78, 5) is 16.7. The van der Waals surface area contributed by atoms with Crippen LogP contribution in [-0.2, 0) is 0 Å². The van der Waals surface area contributed by atoms with Crippen LogP contribution in [0.15, 0.2) is 10.5 Å². The molecular formula is C8H10N4O4S. The highest BCUT2D eigenvalue weighted by molar-refractivity contribution is 7.09. The number of hydrogen-bond acceptors (Lipinski definition) is 6. The molecule has 3 N–H and O–H groups in total. The molecule has 1 aromatic heterocycles. The van der Waals surface area contributed by atoms with Crippen molar-refractivity contribution in [1.29, 1.82) is 0 Å². The molecule has 0 aliphatic heterocycles. The first-order valence-electron chi connectivity index (χ1n) is 4.62. The van der Waals surface area contributed by atoms with Gasteiger partial charge in [0.25, 0.3) is 0 Å². The fourth-order valence-corrected chi connectivity index (χ4v) is 1.91. The summed E-state index contributed by atoms with van der Waals surface area (Å²) in [6, 6.07) is 0. The molecular weight excluding hydrogens is 248 g/mol. The minimum atomic E-state index is -1.28. The van der Waals surface area contributed by atoms with E-state index in [4.69, 9.17) is 10.6 Å². The van der Waals surface area contributed by atoms with E-state index in [2.05, 4.69) is 15.0 Å². The Labute approximate surface area is 99.8 Å².